The predicted octanol–water partition coefficient (Wildman–Crippen LogP) is 2.11. The average Bonchev–Trinajstić information content (AvgIpc) is 2.93. The fraction of sp³-hybridized carbons (Fsp3) is 0.250. The molecule has 0 saturated carbocycles. The molecule has 1 atom stereocenters. The molecule has 108 valence electrons. The van der Waals surface area contributed by atoms with Crippen molar-refractivity contribution >= 4 is 10.8 Å². The number of hydrogen-bond acceptors (Lipinski definition) is 4. The van der Waals surface area contributed by atoms with E-state index < -0.39 is 0 Å². The molecule has 2 aromatic heterocycles. The minimum Gasteiger partial charge on any atom is -0.338 e. The van der Waals surface area contributed by atoms with Gasteiger partial charge in [-0.2, -0.15) is 0 Å². The molecular weight excluding hydrogens is 262 g/mol. The summed E-state index contributed by atoms with van der Waals surface area (Å²) in [5.74, 6) is 6.81. The van der Waals surface area contributed by atoms with Crippen LogP contribution in [-0.2, 0) is 13.5 Å². The van der Waals surface area contributed by atoms with E-state index >= 15 is 0 Å². The van der Waals surface area contributed by atoms with E-state index in [-0.39, 0.29) is 6.04 Å². The number of pyridine rings is 1. The lowest BCUT2D eigenvalue weighted by Crippen LogP contribution is -2.29. The molecule has 0 aliphatic heterocycles. The predicted molar refractivity (Wildman–Crippen MR) is 83.3 cm³/mol. The van der Waals surface area contributed by atoms with Crippen LogP contribution in [-0.4, -0.2) is 14.5 Å². The molecule has 0 saturated heterocycles. The number of nitrogens with two attached hydrogens (primary N) is 1. The SMILES string of the molecule is Cn1ccnc1CCC(NN)c1nccc2ccccc12. The summed E-state index contributed by atoms with van der Waals surface area (Å²) in [4.78, 5) is 8.88. The van der Waals surface area contributed by atoms with Gasteiger partial charge < -0.3 is 4.57 Å². The first kappa shape index (κ1) is 13.7. The summed E-state index contributed by atoms with van der Waals surface area (Å²) in [6, 6.07) is 10.3. The number of nitrogens with one attached hydrogen (secondary N) is 1. The maximum Gasteiger partial charge on any atom is 0.108 e. The van der Waals surface area contributed by atoms with E-state index in [0.717, 1.165) is 29.7 Å². The average molecular weight is 281 g/mol. The van der Waals surface area contributed by atoms with Crippen molar-refractivity contribution in [3.05, 3.63) is 60.4 Å². The first-order valence-electron chi connectivity index (χ1n) is 7.05. The first-order valence-corrected chi connectivity index (χ1v) is 7.05. The highest BCUT2D eigenvalue weighted by Crippen LogP contribution is 2.24. The van der Waals surface area contributed by atoms with Crippen LogP contribution in [0.3, 0.4) is 0 Å². The minimum atomic E-state index is 0.00722. The summed E-state index contributed by atoms with van der Waals surface area (Å²) in [7, 11) is 2.00. The Morgan fingerprint density at radius 3 is 2.81 bits per heavy atom. The lowest BCUT2D eigenvalue weighted by atomic mass is 10.0. The summed E-state index contributed by atoms with van der Waals surface area (Å²) in [6.45, 7) is 0. The van der Waals surface area contributed by atoms with Crippen molar-refractivity contribution in [1.82, 2.24) is 20.0 Å². The number of nitrogens with zero attached hydrogens (tertiary/aromatic N) is 3. The summed E-state index contributed by atoms with van der Waals surface area (Å²) in [6.07, 6.45) is 7.31. The monoisotopic (exact) mass is 281 g/mol. The second kappa shape index (κ2) is 6.03. The van der Waals surface area contributed by atoms with Gasteiger partial charge in [0.05, 0.1) is 11.7 Å². The van der Waals surface area contributed by atoms with Gasteiger partial charge in [-0.1, -0.05) is 24.3 Å². The second-order valence-electron chi connectivity index (χ2n) is 5.13. The van der Waals surface area contributed by atoms with Crippen molar-refractivity contribution in [2.24, 2.45) is 12.9 Å². The smallest absolute Gasteiger partial charge is 0.108 e. The standard InChI is InChI=1S/C16H19N5/c1-21-11-10-18-15(21)7-6-14(20-17)16-13-5-3-2-4-12(13)8-9-19-16/h2-5,8-11,14,20H,6-7,17H2,1H3. The summed E-state index contributed by atoms with van der Waals surface area (Å²) in [5, 5.41) is 2.32. The molecule has 3 aromatic rings. The van der Waals surface area contributed by atoms with Crippen LogP contribution >= 0.6 is 0 Å². The summed E-state index contributed by atoms with van der Waals surface area (Å²) >= 11 is 0. The Morgan fingerprint density at radius 1 is 1.19 bits per heavy atom. The normalized spacial score (nSPS) is 12.7. The highest BCUT2D eigenvalue weighted by molar-refractivity contribution is 5.84. The van der Waals surface area contributed by atoms with Gasteiger partial charge in [0.2, 0.25) is 0 Å². The fourth-order valence-electron chi connectivity index (χ4n) is 2.63. The van der Waals surface area contributed by atoms with E-state index in [4.69, 9.17) is 5.84 Å². The van der Waals surface area contributed by atoms with Gasteiger partial charge in [-0.25, -0.2) is 4.98 Å². The molecule has 1 aromatic carbocycles. The van der Waals surface area contributed by atoms with Gasteiger partial charge in [-0.05, 0) is 17.9 Å². The Hall–Kier alpha value is -2.24. The zero-order valence-electron chi connectivity index (χ0n) is 12.0. The minimum absolute atomic E-state index is 0.00722. The number of hydrogen-bond donors (Lipinski definition) is 2. The molecule has 3 rings (SSSR count). The van der Waals surface area contributed by atoms with E-state index in [1.165, 1.54) is 5.39 Å². The molecule has 5 heteroatoms. The van der Waals surface area contributed by atoms with Crippen LogP contribution in [0.2, 0.25) is 0 Å². The molecule has 21 heavy (non-hydrogen) atoms. The van der Waals surface area contributed by atoms with Gasteiger partial charge in [-0.15, -0.1) is 0 Å². The van der Waals surface area contributed by atoms with Crippen LogP contribution < -0.4 is 11.3 Å². The molecule has 5 nitrogen and oxygen atoms in total. The van der Waals surface area contributed by atoms with Crippen LogP contribution in [0.4, 0.5) is 0 Å². The van der Waals surface area contributed by atoms with Crippen molar-refractivity contribution in [3.63, 3.8) is 0 Å². The highest BCUT2D eigenvalue weighted by Gasteiger charge is 2.15. The molecule has 1 unspecified atom stereocenters. The molecular formula is C16H19N5. The third kappa shape index (κ3) is 2.79. The Bertz CT molecular complexity index is 729. The lowest BCUT2D eigenvalue weighted by Gasteiger charge is -2.17. The van der Waals surface area contributed by atoms with E-state index in [9.17, 15) is 0 Å². The van der Waals surface area contributed by atoms with E-state index in [1.54, 1.807) is 0 Å². The topological polar surface area (TPSA) is 68.8 Å². The number of aryl methyl sites for hydroxylation is 2. The number of rotatable bonds is 5. The third-order valence-corrected chi connectivity index (χ3v) is 3.81. The van der Waals surface area contributed by atoms with E-state index in [0.29, 0.717) is 0 Å². The molecule has 0 aliphatic rings. The first-order chi connectivity index (χ1) is 10.3. The van der Waals surface area contributed by atoms with Crippen molar-refractivity contribution in [3.8, 4) is 0 Å². The largest absolute Gasteiger partial charge is 0.338 e. The van der Waals surface area contributed by atoms with Gasteiger partial charge >= 0.3 is 0 Å². The fourth-order valence-corrected chi connectivity index (χ4v) is 2.63. The third-order valence-electron chi connectivity index (χ3n) is 3.81. The quantitative estimate of drug-likeness (QED) is 0.555. The van der Waals surface area contributed by atoms with Crippen molar-refractivity contribution < 1.29 is 0 Å². The van der Waals surface area contributed by atoms with Crippen molar-refractivity contribution in [2.45, 2.75) is 18.9 Å². The number of fused-ring (bicyclic) bond motifs is 1. The van der Waals surface area contributed by atoms with Gasteiger partial charge in [0.25, 0.3) is 0 Å². The lowest BCUT2D eigenvalue weighted by molar-refractivity contribution is 0.499. The maximum atomic E-state index is 5.76. The van der Waals surface area contributed by atoms with Crippen LogP contribution in [0.15, 0.2) is 48.9 Å². The van der Waals surface area contributed by atoms with Crippen LogP contribution in [0.25, 0.3) is 10.8 Å². The maximum absolute atomic E-state index is 5.76. The molecule has 0 bridgehead atoms. The zero-order valence-corrected chi connectivity index (χ0v) is 12.0. The Balaban J connectivity index is 1.86. The van der Waals surface area contributed by atoms with Crippen LogP contribution in [0.5, 0.6) is 0 Å². The van der Waals surface area contributed by atoms with Crippen LogP contribution in [0, 0.1) is 0 Å². The summed E-state index contributed by atoms with van der Waals surface area (Å²) < 4.78 is 2.03. The van der Waals surface area contributed by atoms with Gasteiger partial charge in [-0.3, -0.25) is 16.3 Å². The van der Waals surface area contributed by atoms with Crippen molar-refractivity contribution in [2.75, 3.05) is 0 Å². The van der Waals surface area contributed by atoms with E-state index in [1.807, 2.05) is 48.4 Å². The number of imidazole rings is 1. The number of hydrazine groups is 1. The Kier molecular flexibility index (Phi) is 3.94. The summed E-state index contributed by atoms with van der Waals surface area (Å²) in [5.41, 5.74) is 3.88. The highest BCUT2D eigenvalue weighted by atomic mass is 15.2. The molecule has 3 N–H and O–H groups in total. The molecule has 2 heterocycles. The Labute approximate surface area is 123 Å². The Morgan fingerprint density at radius 2 is 2.05 bits per heavy atom. The number of benzene rings is 1. The second-order valence-corrected chi connectivity index (χ2v) is 5.13. The van der Waals surface area contributed by atoms with Gasteiger partial charge in [0, 0.05) is 37.4 Å². The van der Waals surface area contributed by atoms with Gasteiger partial charge in [0.1, 0.15) is 5.82 Å². The molecule has 0 spiro atoms. The van der Waals surface area contributed by atoms with Crippen molar-refractivity contribution in [1.29, 1.82) is 0 Å². The molecule has 0 amide bonds. The van der Waals surface area contributed by atoms with Crippen LogP contribution in [0.1, 0.15) is 24.0 Å². The molecule has 0 aliphatic carbocycles. The zero-order chi connectivity index (χ0) is 14.7. The number of aromatic nitrogens is 3. The van der Waals surface area contributed by atoms with E-state index in [2.05, 4.69) is 27.5 Å². The molecule has 0 fully saturated rings. The molecule has 0 radical (unpaired) electrons. The van der Waals surface area contributed by atoms with Gasteiger partial charge in [0.15, 0.2) is 0 Å².